The van der Waals surface area contributed by atoms with E-state index in [-0.39, 0.29) is 5.92 Å². The van der Waals surface area contributed by atoms with Crippen LogP contribution in [-0.4, -0.2) is 22.9 Å². The maximum atomic E-state index is 12.5. The highest BCUT2D eigenvalue weighted by Crippen LogP contribution is 2.39. The van der Waals surface area contributed by atoms with Crippen LogP contribution >= 0.6 is 0 Å². The lowest BCUT2D eigenvalue weighted by Gasteiger charge is -2.25. The summed E-state index contributed by atoms with van der Waals surface area (Å²) in [6.07, 6.45) is 4.88. The van der Waals surface area contributed by atoms with Crippen LogP contribution in [0.25, 0.3) is 0 Å². The van der Waals surface area contributed by atoms with Gasteiger partial charge in [0.25, 0.3) is 0 Å². The van der Waals surface area contributed by atoms with Crippen LogP contribution < -0.4 is 0 Å². The number of amides is 1. The molecule has 17 heavy (non-hydrogen) atoms. The van der Waals surface area contributed by atoms with Crippen LogP contribution in [0.3, 0.4) is 0 Å². The fraction of sp³-hybridized carbons (Fsp3) is 0.533. The second-order valence-electron chi connectivity index (χ2n) is 5.34. The van der Waals surface area contributed by atoms with E-state index >= 15 is 0 Å². The van der Waals surface area contributed by atoms with Crippen molar-refractivity contribution in [2.24, 2.45) is 0 Å². The van der Waals surface area contributed by atoms with Gasteiger partial charge in [-0.05, 0) is 38.2 Å². The molecule has 1 amide bonds. The van der Waals surface area contributed by atoms with Crippen molar-refractivity contribution in [3.63, 3.8) is 0 Å². The van der Waals surface area contributed by atoms with E-state index in [9.17, 15) is 4.79 Å². The zero-order valence-electron chi connectivity index (χ0n) is 10.3. The van der Waals surface area contributed by atoms with E-state index in [1.54, 1.807) is 0 Å². The van der Waals surface area contributed by atoms with Crippen molar-refractivity contribution < 1.29 is 4.79 Å². The summed E-state index contributed by atoms with van der Waals surface area (Å²) in [5.41, 5.74) is 1.14. The number of carbonyl (C=O) groups excluding carboxylic acids is 1. The van der Waals surface area contributed by atoms with Crippen LogP contribution in [0.4, 0.5) is 0 Å². The van der Waals surface area contributed by atoms with Crippen molar-refractivity contribution in [2.45, 2.75) is 50.6 Å². The Labute approximate surface area is 103 Å². The molecular formula is C15H19NO. The Bertz CT molecular complexity index is 394. The first kappa shape index (κ1) is 10.8. The Morgan fingerprint density at radius 3 is 2.18 bits per heavy atom. The molecule has 0 spiro atoms. The maximum Gasteiger partial charge on any atom is 0.230 e. The highest BCUT2D eigenvalue weighted by molar-refractivity contribution is 5.84. The van der Waals surface area contributed by atoms with Gasteiger partial charge < -0.3 is 4.90 Å². The van der Waals surface area contributed by atoms with Crippen LogP contribution in [0.5, 0.6) is 0 Å². The Morgan fingerprint density at radius 2 is 1.65 bits per heavy atom. The first-order valence-electron chi connectivity index (χ1n) is 6.64. The summed E-state index contributed by atoms with van der Waals surface area (Å²) in [7, 11) is 0. The van der Waals surface area contributed by atoms with Crippen molar-refractivity contribution in [3.05, 3.63) is 35.9 Å². The van der Waals surface area contributed by atoms with Crippen molar-refractivity contribution in [1.29, 1.82) is 0 Å². The van der Waals surface area contributed by atoms with Gasteiger partial charge in [-0.3, -0.25) is 4.79 Å². The second kappa shape index (κ2) is 4.17. The molecule has 2 heterocycles. The van der Waals surface area contributed by atoms with Gasteiger partial charge in [-0.2, -0.15) is 0 Å². The predicted octanol–water partition coefficient (Wildman–Crippen LogP) is 2.94. The minimum Gasteiger partial charge on any atom is -0.336 e. The minimum atomic E-state index is 0.0115. The van der Waals surface area contributed by atoms with E-state index in [2.05, 4.69) is 17.0 Å². The lowest BCUT2D eigenvalue weighted by atomic mass is 9.99. The zero-order valence-corrected chi connectivity index (χ0v) is 10.3. The SMILES string of the molecule is CC(C(=O)N1C2CCC1CC2)c1ccccc1. The van der Waals surface area contributed by atoms with Crippen molar-refractivity contribution in [3.8, 4) is 0 Å². The molecule has 2 nitrogen and oxygen atoms in total. The Morgan fingerprint density at radius 1 is 1.12 bits per heavy atom. The number of hydrogen-bond donors (Lipinski definition) is 0. The third-order valence-corrected chi connectivity index (χ3v) is 4.38. The molecule has 2 aliphatic heterocycles. The standard InChI is InChI=1S/C15H19NO/c1-11(12-5-3-2-4-6-12)15(17)16-13-7-8-14(16)10-9-13/h2-6,11,13-14H,7-10H2,1H3. The van der Waals surface area contributed by atoms with Gasteiger partial charge in [-0.1, -0.05) is 30.3 Å². The van der Waals surface area contributed by atoms with E-state index < -0.39 is 0 Å². The molecule has 1 aromatic carbocycles. The van der Waals surface area contributed by atoms with Gasteiger partial charge in [0.15, 0.2) is 0 Å². The topological polar surface area (TPSA) is 20.3 Å². The van der Waals surface area contributed by atoms with Gasteiger partial charge in [-0.15, -0.1) is 0 Å². The maximum absolute atomic E-state index is 12.5. The second-order valence-corrected chi connectivity index (χ2v) is 5.34. The summed E-state index contributed by atoms with van der Waals surface area (Å²) >= 11 is 0. The molecule has 0 radical (unpaired) electrons. The van der Waals surface area contributed by atoms with Gasteiger partial charge in [0.1, 0.15) is 0 Å². The van der Waals surface area contributed by atoms with Gasteiger partial charge in [0.2, 0.25) is 5.91 Å². The molecule has 2 saturated heterocycles. The number of nitrogens with zero attached hydrogens (tertiary/aromatic N) is 1. The summed E-state index contributed by atoms with van der Waals surface area (Å²) in [5, 5.41) is 0. The third-order valence-electron chi connectivity index (χ3n) is 4.38. The van der Waals surface area contributed by atoms with E-state index in [0.717, 1.165) is 5.56 Å². The lowest BCUT2D eigenvalue weighted by molar-refractivity contribution is -0.133. The highest BCUT2D eigenvalue weighted by atomic mass is 16.2. The predicted molar refractivity (Wildman–Crippen MR) is 67.7 cm³/mol. The smallest absolute Gasteiger partial charge is 0.230 e. The van der Waals surface area contributed by atoms with Crippen molar-refractivity contribution in [1.82, 2.24) is 4.90 Å². The number of rotatable bonds is 2. The average Bonchev–Trinajstić information content (AvgIpc) is 2.98. The normalized spacial score (nSPS) is 28.4. The van der Waals surface area contributed by atoms with Crippen LogP contribution in [0.15, 0.2) is 30.3 Å². The Hall–Kier alpha value is -1.31. The molecule has 90 valence electrons. The van der Waals surface area contributed by atoms with E-state index in [0.29, 0.717) is 18.0 Å². The van der Waals surface area contributed by atoms with Crippen molar-refractivity contribution in [2.75, 3.05) is 0 Å². The third kappa shape index (κ3) is 1.76. The molecule has 2 bridgehead atoms. The molecule has 3 rings (SSSR count). The quantitative estimate of drug-likeness (QED) is 0.763. The highest BCUT2D eigenvalue weighted by Gasteiger charge is 2.43. The summed E-state index contributed by atoms with van der Waals surface area (Å²) in [6.45, 7) is 2.04. The number of hydrogen-bond acceptors (Lipinski definition) is 1. The molecule has 1 aromatic rings. The van der Waals surface area contributed by atoms with Gasteiger partial charge >= 0.3 is 0 Å². The molecule has 0 N–H and O–H groups in total. The fourth-order valence-electron chi connectivity index (χ4n) is 3.38. The number of benzene rings is 1. The van der Waals surface area contributed by atoms with Crippen LogP contribution in [-0.2, 0) is 4.79 Å². The average molecular weight is 229 g/mol. The van der Waals surface area contributed by atoms with Gasteiger partial charge in [-0.25, -0.2) is 0 Å². The molecule has 1 atom stereocenters. The summed E-state index contributed by atoms with van der Waals surface area (Å²) in [6, 6.07) is 11.2. The first-order valence-corrected chi connectivity index (χ1v) is 6.64. The molecule has 2 aliphatic rings. The molecule has 2 fully saturated rings. The van der Waals surface area contributed by atoms with Crippen molar-refractivity contribution >= 4 is 5.91 Å². The summed E-state index contributed by atoms with van der Waals surface area (Å²) in [4.78, 5) is 14.7. The van der Waals surface area contributed by atoms with Crippen LogP contribution in [0, 0.1) is 0 Å². The molecule has 1 unspecified atom stereocenters. The zero-order chi connectivity index (χ0) is 11.8. The number of fused-ring (bicyclic) bond motifs is 2. The van der Waals surface area contributed by atoms with Gasteiger partial charge in [0, 0.05) is 12.1 Å². The first-order chi connectivity index (χ1) is 8.27. The van der Waals surface area contributed by atoms with Crippen LogP contribution in [0.2, 0.25) is 0 Å². The van der Waals surface area contributed by atoms with E-state index in [1.165, 1.54) is 25.7 Å². The van der Waals surface area contributed by atoms with Crippen LogP contribution in [0.1, 0.15) is 44.1 Å². The molecule has 0 aromatic heterocycles. The molecule has 0 saturated carbocycles. The fourth-order valence-corrected chi connectivity index (χ4v) is 3.38. The summed E-state index contributed by atoms with van der Waals surface area (Å²) < 4.78 is 0. The molecule has 0 aliphatic carbocycles. The van der Waals surface area contributed by atoms with E-state index in [1.807, 2.05) is 25.1 Å². The monoisotopic (exact) mass is 229 g/mol. The molecule has 2 heteroatoms. The van der Waals surface area contributed by atoms with Gasteiger partial charge in [0.05, 0.1) is 5.92 Å². The van der Waals surface area contributed by atoms with E-state index in [4.69, 9.17) is 0 Å². The largest absolute Gasteiger partial charge is 0.336 e. The Balaban J connectivity index is 1.79. The Kier molecular flexibility index (Phi) is 2.65. The molecular weight excluding hydrogens is 210 g/mol. The summed E-state index contributed by atoms with van der Waals surface area (Å²) in [5.74, 6) is 0.346. The minimum absolute atomic E-state index is 0.0115. The lowest BCUT2D eigenvalue weighted by Crippen LogP contribution is -2.37. The number of carbonyl (C=O) groups is 1.